The summed E-state index contributed by atoms with van der Waals surface area (Å²) in [7, 11) is 0. The van der Waals surface area contributed by atoms with Crippen molar-refractivity contribution in [2.45, 2.75) is 0 Å². The molecule has 13 heavy (non-hydrogen) atoms. The largest absolute Gasteiger partial charge is 0.412 e. The zero-order valence-corrected chi connectivity index (χ0v) is 7.17. The van der Waals surface area contributed by atoms with Crippen LogP contribution in [0.3, 0.4) is 0 Å². The summed E-state index contributed by atoms with van der Waals surface area (Å²) >= 11 is 0. The fourth-order valence-electron chi connectivity index (χ4n) is 0.625. The molecule has 0 aliphatic carbocycles. The van der Waals surface area contributed by atoms with Crippen LogP contribution in [-0.4, -0.2) is 15.4 Å². The van der Waals surface area contributed by atoms with Gasteiger partial charge in [0.2, 0.25) is 0 Å². The maximum Gasteiger partial charge on any atom is 0.0267 e. The predicted octanol–water partition coefficient (Wildman–Crippen LogP) is 1.34. The molecule has 3 heteroatoms. The standard InChI is InChI=1S/2C5H5N.H2O/c2*1-2-4-6-5-3-1;/h2*1-5H;1H2. The molecular formula is C10H12N2O. The van der Waals surface area contributed by atoms with Gasteiger partial charge in [-0.1, -0.05) is 12.1 Å². The van der Waals surface area contributed by atoms with E-state index in [1.54, 1.807) is 24.8 Å². The third-order valence-corrected chi connectivity index (χ3v) is 1.13. The zero-order chi connectivity index (χ0) is 8.49. The van der Waals surface area contributed by atoms with Crippen LogP contribution in [0.4, 0.5) is 0 Å². The maximum absolute atomic E-state index is 3.78. The number of rotatable bonds is 0. The monoisotopic (exact) mass is 176 g/mol. The highest BCUT2D eigenvalue weighted by molar-refractivity contribution is 4.88. The van der Waals surface area contributed by atoms with Gasteiger partial charge in [0.25, 0.3) is 0 Å². The molecule has 0 unspecified atom stereocenters. The van der Waals surface area contributed by atoms with E-state index < -0.39 is 0 Å². The van der Waals surface area contributed by atoms with Gasteiger partial charge in [-0.15, -0.1) is 0 Å². The van der Waals surface area contributed by atoms with Crippen molar-refractivity contribution in [3.63, 3.8) is 0 Å². The normalized spacial score (nSPS) is 7.38. The molecule has 2 N–H and O–H groups in total. The second-order valence-electron chi connectivity index (χ2n) is 2.05. The summed E-state index contributed by atoms with van der Waals surface area (Å²) < 4.78 is 0. The number of nitrogens with zero attached hydrogens (tertiary/aromatic N) is 2. The third-order valence-electron chi connectivity index (χ3n) is 1.13. The third kappa shape index (κ3) is 6.65. The number of aromatic nitrogens is 2. The lowest BCUT2D eigenvalue weighted by Crippen LogP contribution is -1.58. The van der Waals surface area contributed by atoms with Gasteiger partial charge in [-0.05, 0) is 24.3 Å². The SMILES string of the molecule is O.c1ccncc1.c1ccncc1. The quantitative estimate of drug-likeness (QED) is 0.608. The summed E-state index contributed by atoms with van der Waals surface area (Å²) in [5.41, 5.74) is 0. The minimum atomic E-state index is 0. The van der Waals surface area contributed by atoms with Gasteiger partial charge in [0, 0.05) is 24.8 Å². The van der Waals surface area contributed by atoms with Crippen LogP contribution in [-0.2, 0) is 0 Å². The summed E-state index contributed by atoms with van der Waals surface area (Å²) in [6.07, 6.45) is 7.00. The number of pyridine rings is 2. The molecule has 0 bridgehead atoms. The van der Waals surface area contributed by atoms with E-state index in [2.05, 4.69) is 9.97 Å². The molecule has 68 valence electrons. The molecule has 2 aromatic rings. The Morgan fingerprint density at radius 2 is 0.769 bits per heavy atom. The molecule has 0 aromatic carbocycles. The van der Waals surface area contributed by atoms with Gasteiger partial charge < -0.3 is 5.48 Å². The van der Waals surface area contributed by atoms with Crippen LogP contribution in [0.1, 0.15) is 0 Å². The predicted molar refractivity (Wildman–Crippen MR) is 52.1 cm³/mol. The number of hydrogen-bond donors (Lipinski definition) is 0. The van der Waals surface area contributed by atoms with Crippen molar-refractivity contribution in [2.75, 3.05) is 0 Å². The lowest BCUT2D eigenvalue weighted by atomic mass is 10.5. The van der Waals surface area contributed by atoms with Crippen LogP contribution in [0.25, 0.3) is 0 Å². The maximum atomic E-state index is 3.78. The number of hydrogen-bond acceptors (Lipinski definition) is 2. The highest BCUT2D eigenvalue weighted by Crippen LogP contribution is 1.74. The van der Waals surface area contributed by atoms with Crippen LogP contribution in [0, 0.1) is 0 Å². The molecule has 0 aliphatic heterocycles. The zero-order valence-electron chi connectivity index (χ0n) is 7.17. The van der Waals surface area contributed by atoms with Gasteiger partial charge >= 0.3 is 0 Å². The fraction of sp³-hybridized carbons (Fsp3) is 0. The van der Waals surface area contributed by atoms with Gasteiger partial charge in [0.15, 0.2) is 0 Å². The topological polar surface area (TPSA) is 57.3 Å². The van der Waals surface area contributed by atoms with Gasteiger partial charge in [-0.3, -0.25) is 9.97 Å². The first-order chi connectivity index (χ1) is 6.00. The van der Waals surface area contributed by atoms with E-state index in [9.17, 15) is 0 Å². The molecule has 0 radical (unpaired) electrons. The first-order valence-electron chi connectivity index (χ1n) is 3.70. The van der Waals surface area contributed by atoms with Crippen molar-refractivity contribution in [1.82, 2.24) is 9.97 Å². The summed E-state index contributed by atoms with van der Waals surface area (Å²) in [6, 6.07) is 11.4. The smallest absolute Gasteiger partial charge is 0.0267 e. The lowest BCUT2D eigenvalue weighted by molar-refractivity contribution is 0.824. The highest BCUT2D eigenvalue weighted by atomic mass is 16.0. The minimum absolute atomic E-state index is 0. The Balaban J connectivity index is 0.000000206. The van der Waals surface area contributed by atoms with Crippen molar-refractivity contribution >= 4 is 0 Å². The van der Waals surface area contributed by atoms with Gasteiger partial charge in [0.1, 0.15) is 0 Å². The molecule has 2 aromatic heterocycles. The average molecular weight is 176 g/mol. The van der Waals surface area contributed by atoms with E-state index in [0.717, 1.165) is 0 Å². The first-order valence-corrected chi connectivity index (χ1v) is 3.70. The molecule has 0 spiro atoms. The van der Waals surface area contributed by atoms with Gasteiger partial charge in [0.05, 0.1) is 0 Å². The molecule has 0 amide bonds. The van der Waals surface area contributed by atoms with E-state index >= 15 is 0 Å². The van der Waals surface area contributed by atoms with Gasteiger partial charge in [-0.2, -0.15) is 0 Å². The lowest BCUT2D eigenvalue weighted by Gasteiger charge is -1.70. The van der Waals surface area contributed by atoms with Crippen LogP contribution in [0.15, 0.2) is 61.2 Å². The van der Waals surface area contributed by atoms with Crippen LogP contribution < -0.4 is 0 Å². The molecule has 0 saturated carbocycles. The first kappa shape index (κ1) is 11.3. The Labute approximate surface area is 77.4 Å². The van der Waals surface area contributed by atoms with E-state index in [1.807, 2.05) is 36.4 Å². The summed E-state index contributed by atoms with van der Waals surface area (Å²) in [4.78, 5) is 7.57. The molecule has 2 heterocycles. The molecule has 0 atom stereocenters. The van der Waals surface area contributed by atoms with Crippen LogP contribution in [0.5, 0.6) is 0 Å². The Kier molecular flexibility index (Phi) is 7.24. The molecule has 0 aliphatic rings. The second-order valence-corrected chi connectivity index (χ2v) is 2.05. The fourth-order valence-corrected chi connectivity index (χ4v) is 0.625. The van der Waals surface area contributed by atoms with Gasteiger partial charge in [-0.25, -0.2) is 0 Å². The van der Waals surface area contributed by atoms with Crippen molar-refractivity contribution in [1.29, 1.82) is 0 Å². The average Bonchev–Trinajstić information content (AvgIpc) is 2.24. The summed E-state index contributed by atoms with van der Waals surface area (Å²) in [6.45, 7) is 0. The Hall–Kier alpha value is -1.74. The van der Waals surface area contributed by atoms with E-state index in [4.69, 9.17) is 0 Å². The molecule has 2 rings (SSSR count). The highest BCUT2D eigenvalue weighted by Gasteiger charge is 1.59. The van der Waals surface area contributed by atoms with Crippen LogP contribution in [0.2, 0.25) is 0 Å². The Morgan fingerprint density at radius 3 is 0.846 bits per heavy atom. The molecule has 0 fully saturated rings. The second kappa shape index (κ2) is 8.36. The minimum Gasteiger partial charge on any atom is -0.412 e. The van der Waals surface area contributed by atoms with Crippen molar-refractivity contribution in [2.24, 2.45) is 0 Å². The molecular weight excluding hydrogens is 164 g/mol. The van der Waals surface area contributed by atoms with E-state index in [0.29, 0.717) is 0 Å². The van der Waals surface area contributed by atoms with Crippen molar-refractivity contribution in [3.8, 4) is 0 Å². The van der Waals surface area contributed by atoms with E-state index in [-0.39, 0.29) is 5.48 Å². The summed E-state index contributed by atoms with van der Waals surface area (Å²) in [5, 5.41) is 0. The van der Waals surface area contributed by atoms with Crippen LogP contribution >= 0.6 is 0 Å². The van der Waals surface area contributed by atoms with Crippen molar-refractivity contribution in [3.05, 3.63) is 61.2 Å². The molecule has 0 saturated heterocycles. The summed E-state index contributed by atoms with van der Waals surface area (Å²) in [5.74, 6) is 0. The Bertz CT molecular complexity index is 188. The Morgan fingerprint density at radius 1 is 0.462 bits per heavy atom. The molecule has 3 nitrogen and oxygen atoms in total. The van der Waals surface area contributed by atoms with Crippen molar-refractivity contribution < 1.29 is 5.48 Å². The van der Waals surface area contributed by atoms with E-state index in [1.165, 1.54) is 0 Å².